The van der Waals surface area contributed by atoms with Gasteiger partial charge in [0.1, 0.15) is 12.6 Å². The molecule has 0 spiro atoms. The predicted octanol–water partition coefficient (Wildman–Crippen LogP) is 7.02. The van der Waals surface area contributed by atoms with Gasteiger partial charge in [0, 0.05) is 24.0 Å². The van der Waals surface area contributed by atoms with Gasteiger partial charge in [-0.1, -0.05) is 102 Å². The Morgan fingerprint density at radius 2 is 1.50 bits per heavy atom. The predicted molar refractivity (Wildman–Crippen MR) is 185 cm³/mol. The molecule has 4 aromatic carbocycles. The van der Waals surface area contributed by atoms with E-state index in [1.807, 2.05) is 89.2 Å². The molecule has 0 bridgehead atoms. The first-order valence-electron chi connectivity index (χ1n) is 15.4. The molecule has 0 heterocycles. The molecule has 9 heteroatoms. The number of rotatable bonds is 13. The van der Waals surface area contributed by atoms with Crippen molar-refractivity contribution in [3.63, 3.8) is 0 Å². The van der Waals surface area contributed by atoms with Gasteiger partial charge in [-0.3, -0.25) is 13.9 Å². The summed E-state index contributed by atoms with van der Waals surface area (Å²) in [7, 11) is -4.21. The van der Waals surface area contributed by atoms with Crippen LogP contribution < -0.4 is 9.62 Å². The van der Waals surface area contributed by atoms with Crippen molar-refractivity contribution in [3.8, 4) is 0 Å². The highest BCUT2D eigenvalue weighted by atomic mass is 35.5. The summed E-state index contributed by atoms with van der Waals surface area (Å²) in [6.07, 6.45) is 0.966. The molecular weight excluding hydrogens is 618 g/mol. The molecule has 0 aromatic heterocycles. The van der Waals surface area contributed by atoms with E-state index in [9.17, 15) is 18.0 Å². The molecule has 0 saturated carbocycles. The Bertz CT molecular complexity index is 1760. The third kappa shape index (κ3) is 8.77. The number of nitrogens with zero attached hydrogens (tertiary/aromatic N) is 2. The molecule has 1 N–H and O–H groups in total. The Balaban J connectivity index is 1.83. The van der Waals surface area contributed by atoms with E-state index < -0.39 is 28.5 Å². The zero-order valence-corrected chi connectivity index (χ0v) is 28.6. The van der Waals surface area contributed by atoms with Gasteiger partial charge in [-0.15, -0.1) is 0 Å². The molecule has 0 aliphatic rings. The third-order valence-electron chi connectivity index (χ3n) is 8.04. The number of carbonyl (C=O) groups is 2. The number of halogens is 1. The molecule has 0 aliphatic heterocycles. The highest BCUT2D eigenvalue weighted by Gasteiger charge is 2.35. The first kappa shape index (κ1) is 34.7. The average molecular weight is 660 g/mol. The summed E-state index contributed by atoms with van der Waals surface area (Å²) in [5.41, 5.74) is 4.64. The number of amides is 2. The van der Waals surface area contributed by atoms with Crippen LogP contribution in [-0.4, -0.2) is 43.8 Å². The quantitative estimate of drug-likeness (QED) is 0.167. The normalized spacial score (nSPS) is 12.7. The summed E-state index contributed by atoms with van der Waals surface area (Å²) in [6.45, 7) is 9.13. The van der Waals surface area contributed by atoms with Crippen molar-refractivity contribution >= 4 is 39.1 Å². The van der Waals surface area contributed by atoms with Crippen molar-refractivity contribution in [2.45, 2.75) is 71.0 Å². The van der Waals surface area contributed by atoms with Crippen LogP contribution in [0.4, 0.5) is 5.69 Å². The van der Waals surface area contributed by atoms with E-state index in [-0.39, 0.29) is 35.5 Å². The fraction of sp³-hybridized carbons (Fsp3) is 0.297. The van der Waals surface area contributed by atoms with Crippen LogP contribution in [0.5, 0.6) is 0 Å². The second-order valence-corrected chi connectivity index (χ2v) is 14.1. The maximum atomic E-state index is 14.6. The lowest BCUT2D eigenvalue weighted by molar-refractivity contribution is -0.140. The third-order valence-corrected chi connectivity index (χ3v) is 10.2. The van der Waals surface area contributed by atoms with E-state index in [4.69, 9.17) is 11.6 Å². The van der Waals surface area contributed by atoms with E-state index >= 15 is 0 Å². The van der Waals surface area contributed by atoms with E-state index in [1.54, 1.807) is 30.3 Å². The van der Waals surface area contributed by atoms with Crippen LogP contribution in [-0.2, 0) is 32.6 Å². The van der Waals surface area contributed by atoms with Crippen molar-refractivity contribution in [3.05, 3.63) is 130 Å². The topological polar surface area (TPSA) is 86.8 Å². The monoisotopic (exact) mass is 659 g/mol. The minimum Gasteiger partial charge on any atom is -0.352 e. The van der Waals surface area contributed by atoms with Crippen LogP contribution in [0.25, 0.3) is 0 Å². The maximum Gasteiger partial charge on any atom is 0.264 e. The molecule has 7 nitrogen and oxygen atoms in total. The number of nitrogens with one attached hydrogen (secondary N) is 1. The lowest BCUT2D eigenvalue weighted by atomic mass is 10.0. The Labute approximate surface area is 278 Å². The number of carbonyl (C=O) groups excluding carboxylic acids is 2. The van der Waals surface area contributed by atoms with Gasteiger partial charge in [0.25, 0.3) is 10.0 Å². The van der Waals surface area contributed by atoms with E-state index in [1.165, 1.54) is 17.0 Å². The van der Waals surface area contributed by atoms with Gasteiger partial charge in [0.2, 0.25) is 11.8 Å². The van der Waals surface area contributed by atoms with Gasteiger partial charge in [0.05, 0.1) is 10.6 Å². The van der Waals surface area contributed by atoms with Crippen molar-refractivity contribution in [1.82, 2.24) is 10.2 Å². The summed E-state index contributed by atoms with van der Waals surface area (Å²) < 4.78 is 29.5. The fourth-order valence-corrected chi connectivity index (χ4v) is 6.69. The fourth-order valence-electron chi connectivity index (χ4n) is 5.11. The minimum absolute atomic E-state index is 0.0446. The smallest absolute Gasteiger partial charge is 0.264 e. The summed E-state index contributed by atoms with van der Waals surface area (Å²) >= 11 is 6.47. The van der Waals surface area contributed by atoms with E-state index in [0.717, 1.165) is 32.1 Å². The van der Waals surface area contributed by atoms with Crippen LogP contribution in [0.3, 0.4) is 0 Å². The van der Waals surface area contributed by atoms with Gasteiger partial charge >= 0.3 is 0 Å². The molecule has 4 rings (SSSR count). The molecule has 4 aromatic rings. The highest BCUT2D eigenvalue weighted by Crippen LogP contribution is 2.29. The summed E-state index contributed by atoms with van der Waals surface area (Å²) in [4.78, 5) is 30.1. The summed E-state index contributed by atoms with van der Waals surface area (Å²) in [6, 6.07) is 27.6. The van der Waals surface area contributed by atoms with Gasteiger partial charge in [-0.25, -0.2) is 8.42 Å². The van der Waals surface area contributed by atoms with Crippen LogP contribution in [0.15, 0.2) is 102 Å². The van der Waals surface area contributed by atoms with E-state index in [2.05, 4.69) is 5.32 Å². The van der Waals surface area contributed by atoms with E-state index in [0.29, 0.717) is 11.4 Å². The second-order valence-electron chi connectivity index (χ2n) is 11.8. The Morgan fingerprint density at radius 3 is 2.13 bits per heavy atom. The number of aryl methyl sites for hydroxylation is 3. The standard InChI is InChI=1S/C37H42ClN3O4S/c1-6-29(5)39-37(43)35(22-30-12-8-7-9-13-30)40(24-31-14-10-11-27(3)21-31)36(42)25-41(32-18-17-28(4)34(38)23-32)46(44,45)33-19-15-26(2)16-20-33/h7-21,23,29,35H,6,22,24-25H2,1-5H3,(H,39,43)/t29-,35-/m0/s1. The molecular formula is C37H42ClN3O4S. The SMILES string of the molecule is CC[C@H](C)NC(=O)[C@H](Cc1ccccc1)N(Cc1cccc(C)c1)C(=O)CN(c1ccc(C)c(Cl)c1)S(=O)(=O)c1ccc(C)cc1. The highest BCUT2D eigenvalue weighted by molar-refractivity contribution is 7.92. The number of hydrogen-bond donors (Lipinski definition) is 1. The van der Waals surface area contributed by atoms with Gasteiger partial charge in [-0.2, -0.15) is 0 Å². The van der Waals surface area contributed by atoms with Gasteiger partial charge in [0.15, 0.2) is 0 Å². The molecule has 0 unspecified atom stereocenters. The number of benzene rings is 4. The van der Waals surface area contributed by atoms with Crippen molar-refractivity contribution in [2.24, 2.45) is 0 Å². The van der Waals surface area contributed by atoms with Crippen LogP contribution >= 0.6 is 11.6 Å². The number of anilines is 1. The van der Waals surface area contributed by atoms with Gasteiger partial charge < -0.3 is 10.2 Å². The average Bonchev–Trinajstić information content (AvgIpc) is 3.03. The molecule has 2 amide bonds. The van der Waals surface area contributed by atoms with Crippen molar-refractivity contribution < 1.29 is 18.0 Å². The maximum absolute atomic E-state index is 14.6. The summed E-state index contributed by atoms with van der Waals surface area (Å²) in [5.74, 6) is -0.820. The Morgan fingerprint density at radius 1 is 0.826 bits per heavy atom. The Hall–Kier alpha value is -4.14. The largest absolute Gasteiger partial charge is 0.352 e. The zero-order valence-electron chi connectivity index (χ0n) is 27.0. The zero-order chi connectivity index (χ0) is 33.4. The molecule has 0 aliphatic carbocycles. The minimum atomic E-state index is -4.21. The van der Waals surface area contributed by atoms with Crippen molar-refractivity contribution in [1.29, 1.82) is 0 Å². The summed E-state index contributed by atoms with van der Waals surface area (Å²) in [5, 5.41) is 3.44. The molecule has 2 atom stereocenters. The molecule has 0 saturated heterocycles. The van der Waals surface area contributed by atoms with Crippen LogP contribution in [0.1, 0.15) is 48.1 Å². The number of sulfonamides is 1. The lowest BCUT2D eigenvalue weighted by Crippen LogP contribution is -2.54. The second kappa shape index (κ2) is 15.4. The van der Waals surface area contributed by atoms with Crippen LogP contribution in [0.2, 0.25) is 5.02 Å². The first-order valence-corrected chi connectivity index (χ1v) is 17.3. The lowest BCUT2D eigenvalue weighted by Gasteiger charge is -2.34. The van der Waals surface area contributed by atoms with Gasteiger partial charge in [-0.05, 0) is 75.1 Å². The Kier molecular flexibility index (Phi) is 11.7. The van der Waals surface area contributed by atoms with Crippen LogP contribution in [0, 0.1) is 20.8 Å². The molecule has 0 fully saturated rings. The number of hydrogen-bond acceptors (Lipinski definition) is 4. The first-order chi connectivity index (χ1) is 21.9. The molecule has 242 valence electrons. The molecule has 46 heavy (non-hydrogen) atoms. The molecule has 0 radical (unpaired) electrons. The van der Waals surface area contributed by atoms with Crippen molar-refractivity contribution in [2.75, 3.05) is 10.8 Å².